The molecule has 1 heterocycles. The number of benzene rings is 1. The minimum absolute atomic E-state index is 0.324. The van der Waals surface area contributed by atoms with E-state index in [1.165, 1.54) is 16.7 Å². The third-order valence-corrected chi connectivity index (χ3v) is 2.95. The summed E-state index contributed by atoms with van der Waals surface area (Å²) in [4.78, 5) is 8.33. The zero-order chi connectivity index (χ0) is 12.3. The maximum absolute atomic E-state index is 7.00. The standard InChI is InChI=1S/C12H9ClN2.CH4O/c13-12-14-7-9-6-5-8-3-1-2-4-10(8)11(9)15-12;1-2/h1-4,7H,5-6H2;2H,1H3. The van der Waals surface area contributed by atoms with E-state index < -0.39 is 0 Å². The van der Waals surface area contributed by atoms with Gasteiger partial charge >= 0.3 is 0 Å². The SMILES string of the molecule is CO.Clc1ncc2c(n1)-c1ccccc1CC2. The molecule has 0 spiro atoms. The van der Waals surface area contributed by atoms with Crippen LogP contribution in [0.25, 0.3) is 11.3 Å². The summed E-state index contributed by atoms with van der Waals surface area (Å²) in [6, 6.07) is 8.33. The predicted octanol–water partition coefficient (Wildman–Crippen LogP) is 2.50. The van der Waals surface area contributed by atoms with Gasteiger partial charge in [0, 0.05) is 18.9 Å². The molecule has 0 atom stereocenters. The van der Waals surface area contributed by atoms with Gasteiger partial charge in [-0.3, -0.25) is 0 Å². The van der Waals surface area contributed by atoms with E-state index in [0.717, 1.165) is 25.6 Å². The molecular formula is C13H13ClN2O. The average molecular weight is 249 g/mol. The van der Waals surface area contributed by atoms with Crippen LogP contribution < -0.4 is 0 Å². The Hall–Kier alpha value is -1.45. The summed E-state index contributed by atoms with van der Waals surface area (Å²) in [7, 11) is 1.00. The first kappa shape index (κ1) is 12.0. The first-order valence-electron chi connectivity index (χ1n) is 5.39. The molecule has 3 rings (SSSR count). The monoisotopic (exact) mass is 248 g/mol. The van der Waals surface area contributed by atoms with E-state index in [-0.39, 0.29) is 0 Å². The lowest BCUT2D eigenvalue weighted by Gasteiger charge is -2.17. The second-order valence-corrected chi connectivity index (χ2v) is 4.01. The molecule has 0 radical (unpaired) electrons. The molecule has 1 aliphatic carbocycles. The fourth-order valence-electron chi connectivity index (χ4n) is 2.04. The molecule has 17 heavy (non-hydrogen) atoms. The van der Waals surface area contributed by atoms with Gasteiger partial charge in [0.1, 0.15) is 0 Å². The summed E-state index contributed by atoms with van der Waals surface area (Å²) >= 11 is 5.82. The highest BCUT2D eigenvalue weighted by molar-refractivity contribution is 6.28. The number of halogens is 1. The third-order valence-electron chi connectivity index (χ3n) is 2.77. The molecule has 0 fully saturated rings. The van der Waals surface area contributed by atoms with Gasteiger partial charge in [-0.25, -0.2) is 9.97 Å². The summed E-state index contributed by atoms with van der Waals surface area (Å²) in [6.45, 7) is 0. The number of rotatable bonds is 0. The highest BCUT2D eigenvalue weighted by Gasteiger charge is 2.17. The van der Waals surface area contributed by atoms with Crippen molar-refractivity contribution in [2.24, 2.45) is 0 Å². The third kappa shape index (κ3) is 2.30. The lowest BCUT2D eigenvalue weighted by atomic mass is 9.90. The molecule has 0 bridgehead atoms. The van der Waals surface area contributed by atoms with Crippen LogP contribution in [-0.2, 0) is 12.8 Å². The van der Waals surface area contributed by atoms with Crippen LogP contribution in [0.3, 0.4) is 0 Å². The molecule has 0 saturated carbocycles. The highest BCUT2D eigenvalue weighted by Crippen LogP contribution is 2.31. The Bertz CT molecular complexity index is 529. The van der Waals surface area contributed by atoms with E-state index in [1.54, 1.807) is 0 Å². The number of aromatic nitrogens is 2. The average Bonchev–Trinajstić information content (AvgIpc) is 2.41. The quantitative estimate of drug-likeness (QED) is 0.729. The number of aliphatic hydroxyl groups is 1. The van der Waals surface area contributed by atoms with Crippen molar-refractivity contribution >= 4 is 11.6 Å². The van der Waals surface area contributed by atoms with Gasteiger partial charge in [-0.1, -0.05) is 24.3 Å². The van der Waals surface area contributed by atoms with E-state index in [4.69, 9.17) is 16.7 Å². The van der Waals surface area contributed by atoms with Gasteiger partial charge in [-0.15, -0.1) is 0 Å². The van der Waals surface area contributed by atoms with E-state index >= 15 is 0 Å². The summed E-state index contributed by atoms with van der Waals surface area (Å²) in [5.74, 6) is 0. The summed E-state index contributed by atoms with van der Waals surface area (Å²) in [5.41, 5.74) is 4.73. The van der Waals surface area contributed by atoms with E-state index in [1.807, 2.05) is 12.3 Å². The number of aryl methyl sites for hydroxylation is 2. The van der Waals surface area contributed by atoms with Gasteiger partial charge in [-0.2, -0.15) is 0 Å². The molecule has 0 aliphatic heterocycles. The lowest BCUT2D eigenvalue weighted by molar-refractivity contribution is 0.399. The van der Waals surface area contributed by atoms with E-state index in [2.05, 4.69) is 28.2 Å². The van der Waals surface area contributed by atoms with Crippen LogP contribution in [0, 0.1) is 0 Å². The van der Waals surface area contributed by atoms with Crippen LogP contribution in [0.4, 0.5) is 0 Å². The topological polar surface area (TPSA) is 46.0 Å². The molecule has 1 N–H and O–H groups in total. The molecule has 2 aromatic rings. The van der Waals surface area contributed by atoms with Crippen LogP contribution in [0.15, 0.2) is 30.5 Å². The molecule has 0 amide bonds. The maximum atomic E-state index is 7.00. The largest absolute Gasteiger partial charge is 0.400 e. The van der Waals surface area contributed by atoms with Crippen molar-refractivity contribution in [2.75, 3.05) is 7.11 Å². The van der Waals surface area contributed by atoms with Gasteiger partial charge in [0.25, 0.3) is 0 Å². The molecule has 1 aromatic heterocycles. The predicted molar refractivity (Wildman–Crippen MR) is 68.0 cm³/mol. The number of hydrogen-bond donors (Lipinski definition) is 1. The summed E-state index contributed by atoms with van der Waals surface area (Å²) in [5, 5.41) is 7.32. The molecule has 88 valence electrons. The Morgan fingerprint density at radius 2 is 1.82 bits per heavy atom. The Balaban J connectivity index is 0.000000514. The van der Waals surface area contributed by atoms with Crippen molar-refractivity contribution < 1.29 is 5.11 Å². The molecule has 0 saturated heterocycles. The molecule has 3 nitrogen and oxygen atoms in total. The molecule has 4 heteroatoms. The Morgan fingerprint density at radius 3 is 2.65 bits per heavy atom. The van der Waals surface area contributed by atoms with Crippen molar-refractivity contribution in [3.8, 4) is 11.3 Å². The summed E-state index contributed by atoms with van der Waals surface area (Å²) in [6.07, 6.45) is 3.90. The van der Waals surface area contributed by atoms with Gasteiger partial charge in [0.05, 0.1) is 5.69 Å². The Kier molecular flexibility index (Phi) is 3.71. The Morgan fingerprint density at radius 1 is 1.12 bits per heavy atom. The van der Waals surface area contributed by atoms with Gasteiger partial charge in [0.15, 0.2) is 0 Å². The Labute approximate surface area is 105 Å². The van der Waals surface area contributed by atoms with Crippen LogP contribution in [0.5, 0.6) is 0 Å². The van der Waals surface area contributed by atoms with Crippen LogP contribution >= 0.6 is 11.6 Å². The van der Waals surface area contributed by atoms with Crippen LogP contribution in [0.2, 0.25) is 5.28 Å². The normalized spacial score (nSPS) is 11.9. The zero-order valence-electron chi connectivity index (χ0n) is 9.52. The van der Waals surface area contributed by atoms with Crippen molar-refractivity contribution in [2.45, 2.75) is 12.8 Å². The first-order valence-corrected chi connectivity index (χ1v) is 5.77. The fourth-order valence-corrected chi connectivity index (χ4v) is 2.17. The number of aliphatic hydroxyl groups excluding tert-OH is 1. The lowest BCUT2D eigenvalue weighted by Crippen LogP contribution is -2.06. The van der Waals surface area contributed by atoms with Crippen molar-refractivity contribution in [1.82, 2.24) is 9.97 Å². The maximum Gasteiger partial charge on any atom is 0.222 e. The number of hydrogen-bond acceptors (Lipinski definition) is 3. The zero-order valence-corrected chi connectivity index (χ0v) is 10.3. The second kappa shape index (κ2) is 5.25. The van der Waals surface area contributed by atoms with Crippen LogP contribution in [0.1, 0.15) is 11.1 Å². The van der Waals surface area contributed by atoms with Gasteiger partial charge in [0.2, 0.25) is 5.28 Å². The van der Waals surface area contributed by atoms with Crippen molar-refractivity contribution in [3.05, 3.63) is 46.9 Å². The fraction of sp³-hybridized carbons (Fsp3) is 0.231. The molecule has 0 unspecified atom stereocenters. The molecular weight excluding hydrogens is 236 g/mol. The van der Waals surface area contributed by atoms with Crippen LogP contribution in [-0.4, -0.2) is 22.2 Å². The van der Waals surface area contributed by atoms with E-state index in [0.29, 0.717) is 5.28 Å². The van der Waals surface area contributed by atoms with Gasteiger partial charge in [-0.05, 0) is 35.6 Å². The highest BCUT2D eigenvalue weighted by atomic mass is 35.5. The smallest absolute Gasteiger partial charge is 0.222 e. The minimum atomic E-state index is 0.324. The van der Waals surface area contributed by atoms with E-state index in [9.17, 15) is 0 Å². The summed E-state index contributed by atoms with van der Waals surface area (Å²) < 4.78 is 0. The first-order chi connectivity index (χ1) is 8.34. The van der Waals surface area contributed by atoms with Crippen molar-refractivity contribution in [3.63, 3.8) is 0 Å². The molecule has 1 aromatic carbocycles. The van der Waals surface area contributed by atoms with Crippen molar-refractivity contribution in [1.29, 1.82) is 0 Å². The minimum Gasteiger partial charge on any atom is -0.400 e. The number of nitrogens with zero attached hydrogens (tertiary/aromatic N) is 2. The van der Waals surface area contributed by atoms with Gasteiger partial charge < -0.3 is 5.11 Å². The second-order valence-electron chi connectivity index (χ2n) is 3.67. The molecule has 1 aliphatic rings. The number of fused-ring (bicyclic) bond motifs is 3.